The normalized spacial score (nSPS) is 19.3. The van der Waals surface area contributed by atoms with Gasteiger partial charge in [-0.25, -0.2) is 9.37 Å². The Bertz CT molecular complexity index is 1010. The van der Waals surface area contributed by atoms with Crippen LogP contribution in [0.25, 0.3) is 11.1 Å². The SMILES string of the molecule is CC(C)(C)Cc1noc2ncc(C(=O)NC3CC3c3cccc(F)c3)cc12. The summed E-state index contributed by atoms with van der Waals surface area (Å²) in [5.74, 6) is -0.275. The number of carbonyl (C=O) groups excluding carboxylic acids is 1. The van der Waals surface area contributed by atoms with E-state index < -0.39 is 0 Å². The molecule has 1 aliphatic carbocycles. The second-order valence-corrected chi connectivity index (χ2v) is 8.42. The van der Waals surface area contributed by atoms with Crippen LogP contribution in [-0.4, -0.2) is 22.1 Å². The average molecular weight is 367 g/mol. The Labute approximate surface area is 157 Å². The summed E-state index contributed by atoms with van der Waals surface area (Å²) in [7, 11) is 0. The Morgan fingerprint density at radius 2 is 2.15 bits per heavy atom. The minimum absolute atomic E-state index is 0.0199. The minimum atomic E-state index is -0.252. The molecule has 6 heteroatoms. The zero-order valence-corrected chi connectivity index (χ0v) is 15.6. The molecule has 1 fully saturated rings. The van der Waals surface area contributed by atoms with Gasteiger partial charge in [0.05, 0.1) is 16.6 Å². The van der Waals surface area contributed by atoms with Crippen molar-refractivity contribution in [3.63, 3.8) is 0 Å². The van der Waals surface area contributed by atoms with Crippen LogP contribution in [0.15, 0.2) is 41.1 Å². The van der Waals surface area contributed by atoms with Crippen molar-refractivity contribution in [3.05, 3.63) is 59.2 Å². The third kappa shape index (κ3) is 3.84. The third-order valence-electron chi connectivity index (χ3n) is 4.75. The summed E-state index contributed by atoms with van der Waals surface area (Å²) in [6, 6.07) is 8.35. The Morgan fingerprint density at radius 1 is 1.33 bits per heavy atom. The lowest BCUT2D eigenvalue weighted by Gasteiger charge is -2.15. The summed E-state index contributed by atoms with van der Waals surface area (Å²) in [6.07, 6.45) is 3.05. The standard InChI is InChI=1S/C21H22FN3O2/c1-21(2,3)10-18-16-8-13(11-23-20(16)27-25-18)19(26)24-17-9-15(17)12-5-4-6-14(22)7-12/h4-8,11,15,17H,9-10H2,1-3H3,(H,24,26). The molecule has 0 radical (unpaired) electrons. The van der Waals surface area contributed by atoms with Crippen LogP contribution in [0.3, 0.4) is 0 Å². The number of fused-ring (bicyclic) bond motifs is 1. The van der Waals surface area contributed by atoms with Crippen LogP contribution < -0.4 is 5.32 Å². The fourth-order valence-electron chi connectivity index (χ4n) is 3.35. The van der Waals surface area contributed by atoms with E-state index >= 15 is 0 Å². The number of rotatable bonds is 4. The van der Waals surface area contributed by atoms with E-state index in [-0.39, 0.29) is 29.1 Å². The lowest BCUT2D eigenvalue weighted by molar-refractivity contribution is 0.0950. The summed E-state index contributed by atoms with van der Waals surface area (Å²) in [4.78, 5) is 16.9. The summed E-state index contributed by atoms with van der Waals surface area (Å²) in [6.45, 7) is 6.37. The lowest BCUT2D eigenvalue weighted by Crippen LogP contribution is -2.26. The highest BCUT2D eigenvalue weighted by atomic mass is 19.1. The molecule has 140 valence electrons. The van der Waals surface area contributed by atoms with Crippen LogP contribution in [0.1, 0.15) is 54.7 Å². The summed E-state index contributed by atoms with van der Waals surface area (Å²) >= 11 is 0. The molecule has 0 saturated heterocycles. The zero-order valence-electron chi connectivity index (χ0n) is 15.6. The molecule has 2 aromatic heterocycles. The van der Waals surface area contributed by atoms with Gasteiger partial charge in [-0.05, 0) is 42.0 Å². The maximum absolute atomic E-state index is 13.4. The van der Waals surface area contributed by atoms with Crippen molar-refractivity contribution in [1.82, 2.24) is 15.5 Å². The fraction of sp³-hybridized carbons (Fsp3) is 0.381. The van der Waals surface area contributed by atoms with Crippen molar-refractivity contribution in [3.8, 4) is 0 Å². The van der Waals surface area contributed by atoms with Crippen molar-refractivity contribution >= 4 is 17.0 Å². The van der Waals surface area contributed by atoms with Gasteiger partial charge in [0.25, 0.3) is 11.6 Å². The quantitative estimate of drug-likeness (QED) is 0.749. The van der Waals surface area contributed by atoms with Crippen molar-refractivity contribution in [2.45, 2.75) is 45.6 Å². The monoisotopic (exact) mass is 367 g/mol. The molecule has 1 saturated carbocycles. The summed E-state index contributed by atoms with van der Waals surface area (Å²) < 4.78 is 18.7. The Kier molecular flexibility index (Phi) is 4.21. The molecule has 2 unspecified atom stereocenters. The molecule has 1 aliphatic rings. The average Bonchev–Trinajstić information content (AvgIpc) is 3.26. The van der Waals surface area contributed by atoms with Gasteiger partial charge in [0.1, 0.15) is 5.82 Å². The van der Waals surface area contributed by atoms with Crippen molar-refractivity contribution in [2.75, 3.05) is 0 Å². The number of aromatic nitrogens is 2. The molecule has 4 rings (SSSR count). The van der Waals surface area contributed by atoms with Crippen LogP contribution >= 0.6 is 0 Å². The molecule has 27 heavy (non-hydrogen) atoms. The Hall–Kier alpha value is -2.76. The van der Waals surface area contributed by atoms with Gasteiger partial charge in [-0.15, -0.1) is 0 Å². The van der Waals surface area contributed by atoms with E-state index in [1.54, 1.807) is 12.1 Å². The second kappa shape index (κ2) is 6.44. The van der Waals surface area contributed by atoms with Crippen LogP contribution in [0.5, 0.6) is 0 Å². The zero-order chi connectivity index (χ0) is 19.2. The first-order valence-electron chi connectivity index (χ1n) is 9.11. The van der Waals surface area contributed by atoms with E-state index in [2.05, 4.69) is 36.2 Å². The van der Waals surface area contributed by atoms with Gasteiger partial charge < -0.3 is 9.84 Å². The predicted molar refractivity (Wildman–Crippen MR) is 100.0 cm³/mol. The molecule has 0 aliphatic heterocycles. The Balaban J connectivity index is 1.49. The fourth-order valence-corrected chi connectivity index (χ4v) is 3.35. The smallest absolute Gasteiger partial charge is 0.257 e. The molecule has 1 amide bonds. The van der Waals surface area contributed by atoms with Gasteiger partial charge in [-0.1, -0.05) is 38.1 Å². The van der Waals surface area contributed by atoms with Crippen molar-refractivity contribution < 1.29 is 13.7 Å². The van der Waals surface area contributed by atoms with Gasteiger partial charge >= 0.3 is 0 Å². The van der Waals surface area contributed by atoms with E-state index in [0.29, 0.717) is 11.3 Å². The molecule has 5 nitrogen and oxygen atoms in total. The number of amides is 1. The molecule has 2 atom stereocenters. The highest BCUT2D eigenvalue weighted by molar-refractivity contribution is 5.97. The molecular formula is C21H22FN3O2. The molecule has 1 N–H and O–H groups in total. The van der Waals surface area contributed by atoms with Gasteiger partial charge in [0, 0.05) is 18.2 Å². The number of nitrogens with zero attached hydrogens (tertiary/aromatic N) is 2. The van der Waals surface area contributed by atoms with E-state index in [9.17, 15) is 9.18 Å². The highest BCUT2D eigenvalue weighted by Gasteiger charge is 2.39. The van der Waals surface area contributed by atoms with E-state index in [1.165, 1.54) is 18.3 Å². The molecule has 2 heterocycles. The van der Waals surface area contributed by atoms with Gasteiger partial charge in [-0.2, -0.15) is 0 Å². The maximum Gasteiger partial charge on any atom is 0.257 e. The molecular weight excluding hydrogens is 345 g/mol. The lowest BCUT2D eigenvalue weighted by atomic mass is 9.90. The first-order chi connectivity index (χ1) is 12.8. The third-order valence-corrected chi connectivity index (χ3v) is 4.75. The maximum atomic E-state index is 13.4. The van der Waals surface area contributed by atoms with Gasteiger partial charge in [0.15, 0.2) is 0 Å². The van der Waals surface area contributed by atoms with Crippen LogP contribution in [0, 0.1) is 11.2 Å². The largest absolute Gasteiger partial charge is 0.349 e. The molecule has 1 aromatic carbocycles. The minimum Gasteiger partial charge on any atom is -0.349 e. The van der Waals surface area contributed by atoms with Crippen molar-refractivity contribution in [2.24, 2.45) is 5.41 Å². The number of nitrogens with one attached hydrogen (secondary N) is 1. The second-order valence-electron chi connectivity index (χ2n) is 8.42. The van der Waals surface area contributed by atoms with Gasteiger partial charge in [-0.3, -0.25) is 4.79 Å². The number of hydrogen-bond acceptors (Lipinski definition) is 4. The molecule has 0 bridgehead atoms. The van der Waals surface area contributed by atoms with Crippen LogP contribution in [-0.2, 0) is 6.42 Å². The number of hydrogen-bond donors (Lipinski definition) is 1. The number of carbonyl (C=O) groups is 1. The number of benzene rings is 1. The van der Waals surface area contributed by atoms with E-state index in [0.717, 1.165) is 29.5 Å². The summed E-state index contributed by atoms with van der Waals surface area (Å²) in [5.41, 5.74) is 2.69. The first-order valence-corrected chi connectivity index (χ1v) is 9.11. The topological polar surface area (TPSA) is 68.0 Å². The van der Waals surface area contributed by atoms with Crippen LogP contribution in [0.2, 0.25) is 0 Å². The predicted octanol–water partition coefficient (Wildman–Crippen LogP) is 4.24. The number of halogens is 1. The highest BCUT2D eigenvalue weighted by Crippen LogP contribution is 2.41. The first kappa shape index (κ1) is 17.6. The van der Waals surface area contributed by atoms with E-state index in [4.69, 9.17) is 4.52 Å². The summed E-state index contributed by atoms with van der Waals surface area (Å²) in [5, 5.41) is 7.89. The van der Waals surface area contributed by atoms with Crippen molar-refractivity contribution in [1.29, 1.82) is 0 Å². The number of pyridine rings is 1. The molecule has 0 spiro atoms. The Morgan fingerprint density at radius 3 is 2.89 bits per heavy atom. The molecule has 3 aromatic rings. The van der Waals surface area contributed by atoms with Gasteiger partial charge in [0.2, 0.25) is 0 Å². The van der Waals surface area contributed by atoms with E-state index in [1.807, 2.05) is 6.07 Å². The van der Waals surface area contributed by atoms with Crippen LogP contribution in [0.4, 0.5) is 4.39 Å².